The van der Waals surface area contributed by atoms with Crippen LogP contribution in [0.4, 0.5) is 10.4 Å². The third-order valence-electron chi connectivity index (χ3n) is 4.78. The summed E-state index contributed by atoms with van der Waals surface area (Å²) in [4.78, 5) is 14.8. The molecule has 1 aliphatic rings. The van der Waals surface area contributed by atoms with Gasteiger partial charge in [0.1, 0.15) is 11.9 Å². The molecule has 1 unspecified atom stereocenters. The number of hydrogen-bond donors (Lipinski definition) is 1. The maximum Gasteiger partial charge on any atom is 0.318 e. The van der Waals surface area contributed by atoms with Crippen LogP contribution < -0.4 is 10.2 Å². The summed E-state index contributed by atoms with van der Waals surface area (Å²) < 4.78 is 19.4. The predicted octanol–water partition coefficient (Wildman–Crippen LogP) is 4.13. The van der Waals surface area contributed by atoms with Crippen LogP contribution in [0.15, 0.2) is 52.9 Å². The average molecular weight is 447 g/mol. The van der Waals surface area contributed by atoms with Gasteiger partial charge < -0.3 is 14.6 Å². The standard InChI is InChI=1S/C21H20ClFN4O2S/c22-16-13-15(6-7-17(16)23)19(28)24-18(12-14-4-2-1-3-5-14)20-25-26-21(29-20)27-8-10-30-11-9-27/h1-7,13,18H,8-12H2,(H,24,28). The third kappa shape index (κ3) is 4.94. The summed E-state index contributed by atoms with van der Waals surface area (Å²) in [6.45, 7) is 1.69. The van der Waals surface area contributed by atoms with Crippen LogP contribution >= 0.6 is 23.4 Å². The van der Waals surface area contributed by atoms with E-state index in [-0.39, 0.29) is 10.6 Å². The van der Waals surface area contributed by atoms with E-state index in [1.807, 2.05) is 47.0 Å². The first kappa shape index (κ1) is 20.7. The molecule has 3 aromatic rings. The maximum atomic E-state index is 13.5. The Labute approximate surface area is 182 Å². The van der Waals surface area contributed by atoms with Gasteiger partial charge in [0, 0.05) is 36.6 Å². The van der Waals surface area contributed by atoms with E-state index >= 15 is 0 Å². The molecule has 156 valence electrons. The lowest BCUT2D eigenvalue weighted by Crippen LogP contribution is -2.32. The van der Waals surface area contributed by atoms with Crippen LogP contribution in [0.5, 0.6) is 0 Å². The van der Waals surface area contributed by atoms with Gasteiger partial charge in [0.2, 0.25) is 5.89 Å². The molecule has 0 spiro atoms. The summed E-state index contributed by atoms with van der Waals surface area (Å²) in [5, 5.41) is 11.2. The quantitative estimate of drug-likeness (QED) is 0.614. The highest BCUT2D eigenvalue weighted by atomic mass is 35.5. The molecule has 1 amide bonds. The second-order valence-corrected chi connectivity index (χ2v) is 8.50. The number of nitrogens with one attached hydrogen (secondary N) is 1. The lowest BCUT2D eigenvalue weighted by Gasteiger charge is -2.24. The fourth-order valence-electron chi connectivity index (χ4n) is 3.18. The molecule has 1 fully saturated rings. The Morgan fingerprint density at radius 3 is 2.70 bits per heavy atom. The Balaban J connectivity index is 1.57. The van der Waals surface area contributed by atoms with Gasteiger partial charge in [-0.05, 0) is 23.8 Å². The van der Waals surface area contributed by atoms with Gasteiger partial charge >= 0.3 is 6.01 Å². The van der Waals surface area contributed by atoms with Crippen molar-refractivity contribution in [3.05, 3.63) is 76.4 Å². The maximum absolute atomic E-state index is 13.5. The van der Waals surface area contributed by atoms with Gasteiger partial charge in [-0.25, -0.2) is 4.39 Å². The number of anilines is 1. The Morgan fingerprint density at radius 1 is 1.20 bits per heavy atom. The molecule has 0 bridgehead atoms. The molecule has 2 heterocycles. The Kier molecular flexibility index (Phi) is 6.54. The topological polar surface area (TPSA) is 71.3 Å². The number of thioether (sulfide) groups is 1. The van der Waals surface area contributed by atoms with Crippen LogP contribution in [0.2, 0.25) is 5.02 Å². The highest BCUT2D eigenvalue weighted by Gasteiger charge is 2.25. The van der Waals surface area contributed by atoms with Crippen molar-refractivity contribution in [1.82, 2.24) is 15.5 Å². The molecule has 30 heavy (non-hydrogen) atoms. The lowest BCUT2D eigenvalue weighted by molar-refractivity contribution is 0.0930. The molecular formula is C21H20ClFN4O2S. The van der Waals surface area contributed by atoms with Crippen LogP contribution in [0.1, 0.15) is 27.9 Å². The number of carbonyl (C=O) groups is 1. The number of aromatic nitrogens is 2. The number of carbonyl (C=O) groups excluding carboxylic acids is 1. The molecule has 2 aromatic carbocycles. The van der Waals surface area contributed by atoms with Gasteiger partial charge in [-0.3, -0.25) is 4.79 Å². The van der Waals surface area contributed by atoms with E-state index in [9.17, 15) is 9.18 Å². The second kappa shape index (κ2) is 9.49. The minimum atomic E-state index is -0.574. The number of nitrogens with zero attached hydrogens (tertiary/aromatic N) is 3. The average Bonchev–Trinajstić information content (AvgIpc) is 3.27. The second-order valence-electron chi connectivity index (χ2n) is 6.87. The van der Waals surface area contributed by atoms with Gasteiger partial charge in [-0.2, -0.15) is 11.8 Å². The highest BCUT2D eigenvalue weighted by Crippen LogP contribution is 2.24. The van der Waals surface area contributed by atoms with Crippen molar-refractivity contribution in [2.45, 2.75) is 12.5 Å². The number of hydrogen-bond acceptors (Lipinski definition) is 6. The van der Waals surface area contributed by atoms with Crippen molar-refractivity contribution in [2.75, 3.05) is 29.5 Å². The molecule has 6 nitrogen and oxygen atoms in total. The van der Waals surface area contributed by atoms with E-state index in [1.165, 1.54) is 18.2 Å². The van der Waals surface area contributed by atoms with Crippen molar-refractivity contribution in [3.8, 4) is 0 Å². The van der Waals surface area contributed by atoms with Crippen LogP contribution in [0.3, 0.4) is 0 Å². The van der Waals surface area contributed by atoms with Gasteiger partial charge in [0.15, 0.2) is 0 Å². The summed E-state index contributed by atoms with van der Waals surface area (Å²) >= 11 is 7.72. The molecule has 1 aromatic heterocycles. The third-order valence-corrected chi connectivity index (χ3v) is 6.01. The van der Waals surface area contributed by atoms with Gasteiger partial charge in [0.25, 0.3) is 5.91 Å². The molecule has 1 saturated heterocycles. The minimum absolute atomic E-state index is 0.106. The van der Waals surface area contributed by atoms with Crippen molar-refractivity contribution in [2.24, 2.45) is 0 Å². The molecule has 1 N–H and O–H groups in total. The fourth-order valence-corrected chi connectivity index (χ4v) is 4.26. The Hall–Kier alpha value is -2.58. The number of halogens is 2. The zero-order valence-corrected chi connectivity index (χ0v) is 17.6. The van der Waals surface area contributed by atoms with Gasteiger partial charge in [0.05, 0.1) is 5.02 Å². The summed E-state index contributed by atoms with van der Waals surface area (Å²) in [5.74, 6) is 1.37. The summed E-state index contributed by atoms with van der Waals surface area (Å²) in [6.07, 6.45) is 0.471. The first-order chi connectivity index (χ1) is 14.6. The first-order valence-electron chi connectivity index (χ1n) is 9.56. The Bertz CT molecular complexity index is 1010. The molecule has 0 radical (unpaired) electrons. The highest BCUT2D eigenvalue weighted by molar-refractivity contribution is 7.99. The largest absolute Gasteiger partial charge is 0.406 e. The van der Waals surface area contributed by atoms with Crippen LogP contribution in [-0.2, 0) is 6.42 Å². The van der Waals surface area contributed by atoms with E-state index in [2.05, 4.69) is 15.5 Å². The van der Waals surface area contributed by atoms with E-state index in [4.69, 9.17) is 16.0 Å². The zero-order valence-electron chi connectivity index (χ0n) is 16.1. The smallest absolute Gasteiger partial charge is 0.318 e. The van der Waals surface area contributed by atoms with Crippen LogP contribution in [-0.4, -0.2) is 40.7 Å². The molecule has 0 aliphatic carbocycles. The number of rotatable bonds is 6. The zero-order chi connectivity index (χ0) is 20.9. The minimum Gasteiger partial charge on any atom is -0.406 e. The molecule has 0 saturated carbocycles. The van der Waals surface area contributed by atoms with E-state index < -0.39 is 17.8 Å². The lowest BCUT2D eigenvalue weighted by atomic mass is 10.1. The number of benzene rings is 2. The van der Waals surface area contributed by atoms with Crippen LogP contribution in [0.25, 0.3) is 0 Å². The molecule has 1 atom stereocenters. The summed E-state index contributed by atoms with van der Waals surface area (Å²) in [5.41, 5.74) is 1.27. The number of amides is 1. The predicted molar refractivity (Wildman–Crippen MR) is 116 cm³/mol. The van der Waals surface area contributed by atoms with Crippen molar-refractivity contribution in [1.29, 1.82) is 0 Å². The monoisotopic (exact) mass is 446 g/mol. The summed E-state index contributed by atoms with van der Waals surface area (Å²) in [6, 6.07) is 13.5. The SMILES string of the molecule is O=C(NC(Cc1ccccc1)c1nnc(N2CCSCC2)o1)c1ccc(F)c(Cl)c1. The molecule has 4 rings (SSSR count). The molecule has 9 heteroatoms. The normalized spacial score (nSPS) is 15.1. The van der Waals surface area contributed by atoms with Gasteiger partial charge in [-0.15, -0.1) is 5.10 Å². The molecular weight excluding hydrogens is 427 g/mol. The van der Waals surface area contributed by atoms with E-state index in [0.29, 0.717) is 18.3 Å². The summed E-state index contributed by atoms with van der Waals surface area (Å²) in [7, 11) is 0. The fraction of sp³-hybridized carbons (Fsp3) is 0.286. The Morgan fingerprint density at radius 2 is 1.97 bits per heavy atom. The van der Waals surface area contributed by atoms with Crippen molar-refractivity contribution < 1.29 is 13.6 Å². The van der Waals surface area contributed by atoms with Crippen LogP contribution in [0, 0.1) is 5.82 Å². The van der Waals surface area contributed by atoms with Gasteiger partial charge in [-0.1, -0.05) is 47.0 Å². The van der Waals surface area contributed by atoms with Crippen molar-refractivity contribution >= 4 is 35.3 Å². The van der Waals surface area contributed by atoms with Crippen molar-refractivity contribution in [3.63, 3.8) is 0 Å². The van der Waals surface area contributed by atoms with E-state index in [0.717, 1.165) is 30.2 Å². The van der Waals surface area contributed by atoms with E-state index in [1.54, 1.807) is 0 Å². The molecule has 1 aliphatic heterocycles. The first-order valence-corrected chi connectivity index (χ1v) is 11.1.